The molecule has 0 radical (unpaired) electrons. The molecular weight excluding hydrogens is 258 g/mol. The first-order valence-electron chi connectivity index (χ1n) is 9.65. The van der Waals surface area contributed by atoms with Crippen molar-refractivity contribution in [1.82, 2.24) is 15.5 Å². The molecule has 5 unspecified atom stereocenters. The molecule has 3 heterocycles. The monoisotopic (exact) mass is 291 g/mol. The molecule has 21 heavy (non-hydrogen) atoms. The van der Waals surface area contributed by atoms with Crippen LogP contribution >= 0.6 is 0 Å². The number of piperidine rings is 1. The second kappa shape index (κ2) is 6.55. The number of nitrogens with one attached hydrogen (secondary N) is 2. The molecule has 120 valence electrons. The number of rotatable bonds is 3. The Morgan fingerprint density at radius 1 is 0.762 bits per heavy atom. The van der Waals surface area contributed by atoms with Crippen LogP contribution in [0.3, 0.4) is 0 Å². The molecule has 4 fully saturated rings. The maximum absolute atomic E-state index is 4.16. The van der Waals surface area contributed by atoms with Gasteiger partial charge in [0.05, 0.1) is 0 Å². The molecule has 4 aliphatic rings. The van der Waals surface area contributed by atoms with Gasteiger partial charge in [-0.3, -0.25) is 4.90 Å². The largest absolute Gasteiger partial charge is 0.314 e. The van der Waals surface area contributed by atoms with Crippen molar-refractivity contribution in [2.45, 2.75) is 88.4 Å². The van der Waals surface area contributed by atoms with Gasteiger partial charge < -0.3 is 10.6 Å². The van der Waals surface area contributed by atoms with Crippen LogP contribution in [-0.4, -0.2) is 48.7 Å². The van der Waals surface area contributed by atoms with Gasteiger partial charge in [0.15, 0.2) is 0 Å². The summed E-state index contributed by atoms with van der Waals surface area (Å²) >= 11 is 0. The van der Waals surface area contributed by atoms with E-state index in [0.29, 0.717) is 0 Å². The summed E-state index contributed by atoms with van der Waals surface area (Å²) in [6.45, 7) is 3.97. The zero-order valence-corrected chi connectivity index (χ0v) is 13.5. The number of hydrogen-bond acceptors (Lipinski definition) is 3. The highest BCUT2D eigenvalue weighted by Crippen LogP contribution is 2.33. The third-order valence-corrected chi connectivity index (χ3v) is 6.72. The van der Waals surface area contributed by atoms with E-state index in [9.17, 15) is 0 Å². The molecule has 0 aromatic rings. The maximum atomic E-state index is 4.16. The van der Waals surface area contributed by atoms with Crippen molar-refractivity contribution in [1.29, 1.82) is 0 Å². The van der Waals surface area contributed by atoms with Gasteiger partial charge >= 0.3 is 0 Å². The van der Waals surface area contributed by atoms with Gasteiger partial charge in [0, 0.05) is 30.7 Å². The van der Waals surface area contributed by atoms with Gasteiger partial charge in [-0.05, 0) is 64.0 Å². The van der Waals surface area contributed by atoms with Crippen LogP contribution < -0.4 is 10.6 Å². The Hall–Kier alpha value is -0.120. The summed E-state index contributed by atoms with van der Waals surface area (Å²) < 4.78 is 0. The number of nitrogens with zero attached hydrogens (tertiary/aromatic N) is 1. The lowest BCUT2D eigenvalue weighted by Gasteiger charge is -2.40. The SMILES string of the molecule is C1CNC(C2CCCCC2NC2CCN3CCCCC23)C1. The molecule has 3 nitrogen and oxygen atoms in total. The Labute approximate surface area is 130 Å². The third kappa shape index (κ3) is 3.02. The molecule has 4 rings (SSSR count). The van der Waals surface area contributed by atoms with Crippen LogP contribution in [0.5, 0.6) is 0 Å². The summed E-state index contributed by atoms with van der Waals surface area (Å²) in [6, 6.07) is 3.25. The third-order valence-electron chi connectivity index (χ3n) is 6.72. The minimum Gasteiger partial charge on any atom is -0.314 e. The van der Waals surface area contributed by atoms with E-state index in [1.165, 1.54) is 83.8 Å². The second-order valence-corrected chi connectivity index (χ2v) is 7.92. The lowest BCUT2D eigenvalue weighted by molar-refractivity contribution is 0.152. The zero-order chi connectivity index (χ0) is 14.1. The van der Waals surface area contributed by atoms with Crippen LogP contribution in [0.1, 0.15) is 64.2 Å². The Morgan fingerprint density at radius 3 is 2.57 bits per heavy atom. The van der Waals surface area contributed by atoms with Crippen molar-refractivity contribution in [2.24, 2.45) is 5.92 Å². The highest BCUT2D eigenvalue weighted by atomic mass is 15.2. The predicted molar refractivity (Wildman–Crippen MR) is 87.5 cm³/mol. The van der Waals surface area contributed by atoms with E-state index >= 15 is 0 Å². The maximum Gasteiger partial charge on any atom is 0.0249 e. The van der Waals surface area contributed by atoms with Gasteiger partial charge in [-0.25, -0.2) is 0 Å². The summed E-state index contributed by atoms with van der Waals surface area (Å²) in [5.41, 5.74) is 0. The summed E-state index contributed by atoms with van der Waals surface area (Å²) in [5.74, 6) is 0.902. The van der Waals surface area contributed by atoms with Gasteiger partial charge in [0.25, 0.3) is 0 Å². The van der Waals surface area contributed by atoms with Gasteiger partial charge in [-0.2, -0.15) is 0 Å². The molecule has 0 aromatic carbocycles. The Bertz CT molecular complexity index is 339. The summed E-state index contributed by atoms with van der Waals surface area (Å²) in [7, 11) is 0. The Morgan fingerprint density at radius 2 is 1.67 bits per heavy atom. The predicted octanol–water partition coefficient (Wildman–Crippen LogP) is 2.51. The first-order chi connectivity index (χ1) is 10.4. The van der Waals surface area contributed by atoms with E-state index in [2.05, 4.69) is 15.5 Å². The van der Waals surface area contributed by atoms with E-state index < -0.39 is 0 Å². The van der Waals surface area contributed by atoms with Crippen molar-refractivity contribution < 1.29 is 0 Å². The molecular formula is C18H33N3. The van der Waals surface area contributed by atoms with Crippen LogP contribution in [0, 0.1) is 5.92 Å². The van der Waals surface area contributed by atoms with Crippen molar-refractivity contribution in [2.75, 3.05) is 19.6 Å². The molecule has 3 heteroatoms. The topological polar surface area (TPSA) is 27.3 Å². The van der Waals surface area contributed by atoms with Crippen molar-refractivity contribution in [3.05, 3.63) is 0 Å². The standard InChI is InChI=1S/C18H33N3/c1-2-7-16(14(6-1)15-8-5-11-19-15)20-17-10-13-21-12-4-3-9-18(17)21/h14-20H,1-13H2. The molecule has 1 saturated carbocycles. The lowest BCUT2D eigenvalue weighted by atomic mass is 9.78. The minimum absolute atomic E-state index is 0.789. The minimum atomic E-state index is 0.789. The first-order valence-corrected chi connectivity index (χ1v) is 9.65. The van der Waals surface area contributed by atoms with Gasteiger partial charge in [0.1, 0.15) is 0 Å². The van der Waals surface area contributed by atoms with E-state index in [4.69, 9.17) is 0 Å². The van der Waals surface area contributed by atoms with E-state index in [0.717, 1.165) is 30.1 Å². The van der Waals surface area contributed by atoms with Crippen molar-refractivity contribution in [3.8, 4) is 0 Å². The molecule has 1 aliphatic carbocycles. The fourth-order valence-corrected chi connectivity index (χ4v) is 5.64. The molecule has 0 spiro atoms. The van der Waals surface area contributed by atoms with Crippen LogP contribution in [0.25, 0.3) is 0 Å². The fraction of sp³-hybridized carbons (Fsp3) is 1.00. The van der Waals surface area contributed by atoms with Gasteiger partial charge in [-0.15, -0.1) is 0 Å². The highest BCUT2D eigenvalue weighted by molar-refractivity contribution is 4.99. The smallest absolute Gasteiger partial charge is 0.0249 e. The average molecular weight is 291 g/mol. The quantitative estimate of drug-likeness (QED) is 0.837. The van der Waals surface area contributed by atoms with E-state index in [1.54, 1.807) is 0 Å². The van der Waals surface area contributed by atoms with Gasteiger partial charge in [0.2, 0.25) is 0 Å². The Balaban J connectivity index is 1.39. The molecule has 0 aromatic heterocycles. The van der Waals surface area contributed by atoms with Gasteiger partial charge in [-0.1, -0.05) is 19.3 Å². The van der Waals surface area contributed by atoms with Crippen LogP contribution in [0.4, 0.5) is 0 Å². The van der Waals surface area contributed by atoms with Crippen LogP contribution in [0.15, 0.2) is 0 Å². The molecule has 0 amide bonds. The van der Waals surface area contributed by atoms with Crippen molar-refractivity contribution >= 4 is 0 Å². The number of fused-ring (bicyclic) bond motifs is 1. The summed E-state index contributed by atoms with van der Waals surface area (Å²) in [5, 5.41) is 7.95. The van der Waals surface area contributed by atoms with Crippen LogP contribution in [-0.2, 0) is 0 Å². The fourth-order valence-electron chi connectivity index (χ4n) is 5.64. The lowest BCUT2D eigenvalue weighted by Crippen LogP contribution is -2.53. The van der Waals surface area contributed by atoms with Crippen LogP contribution in [0.2, 0.25) is 0 Å². The summed E-state index contributed by atoms with van der Waals surface area (Å²) in [6.07, 6.45) is 14.3. The first kappa shape index (κ1) is 14.5. The van der Waals surface area contributed by atoms with E-state index in [-0.39, 0.29) is 0 Å². The Kier molecular flexibility index (Phi) is 4.52. The number of hydrogen-bond donors (Lipinski definition) is 2. The second-order valence-electron chi connectivity index (χ2n) is 7.92. The molecule has 3 saturated heterocycles. The molecule has 3 aliphatic heterocycles. The van der Waals surface area contributed by atoms with Crippen molar-refractivity contribution in [3.63, 3.8) is 0 Å². The molecule has 0 bridgehead atoms. The molecule has 2 N–H and O–H groups in total. The normalized spacial score (nSPS) is 44.9. The zero-order valence-electron chi connectivity index (χ0n) is 13.5. The molecule has 5 atom stereocenters. The summed E-state index contributed by atoms with van der Waals surface area (Å²) in [4.78, 5) is 2.77. The average Bonchev–Trinajstić information content (AvgIpc) is 3.18. The van der Waals surface area contributed by atoms with E-state index in [1.807, 2.05) is 0 Å². The highest BCUT2D eigenvalue weighted by Gasteiger charge is 2.39.